The van der Waals surface area contributed by atoms with Crippen LogP contribution in [-0.2, 0) is 0 Å². The van der Waals surface area contributed by atoms with Crippen LogP contribution >= 0.6 is 0 Å². The molecule has 4 nitrogen and oxygen atoms in total. The van der Waals surface area contributed by atoms with Gasteiger partial charge in [0.05, 0.1) is 0 Å². The number of aromatic hydroxyl groups is 1. The summed E-state index contributed by atoms with van der Waals surface area (Å²) in [6.45, 7) is 6.42. The van der Waals surface area contributed by atoms with Crippen LogP contribution in [0.2, 0.25) is 0 Å². The normalized spacial score (nSPS) is 11.1. The maximum atomic E-state index is 9.46. The highest BCUT2D eigenvalue weighted by Crippen LogP contribution is 2.29. The highest BCUT2D eigenvalue weighted by molar-refractivity contribution is 5.95. The molecule has 0 aliphatic heterocycles. The van der Waals surface area contributed by atoms with Gasteiger partial charge in [-0.1, -0.05) is 12.1 Å². The molecule has 2 N–H and O–H groups in total. The molecule has 72 valence electrons. The first-order valence-corrected chi connectivity index (χ1v) is 4.07. The number of amidine groups is 1. The van der Waals surface area contributed by atoms with E-state index in [1.54, 1.807) is 19.1 Å². The molecule has 0 bridgehead atoms. The molecule has 0 aromatic heterocycles. The lowest BCUT2D eigenvalue weighted by Crippen LogP contribution is -1.96. The van der Waals surface area contributed by atoms with E-state index in [9.17, 15) is 5.11 Å². The first-order chi connectivity index (χ1) is 6.69. The number of benzene rings is 1. The summed E-state index contributed by atoms with van der Waals surface area (Å²) in [5, 5.41) is 18.2. The molecule has 0 heterocycles. The Bertz CT molecular complexity index is 385. The van der Waals surface area contributed by atoms with Gasteiger partial charge in [-0.05, 0) is 18.0 Å². The van der Waals surface area contributed by atoms with Gasteiger partial charge in [0.2, 0.25) is 5.69 Å². The Morgan fingerprint density at radius 3 is 2.79 bits per heavy atom. The van der Waals surface area contributed by atoms with Gasteiger partial charge >= 0.3 is 5.84 Å². The van der Waals surface area contributed by atoms with Crippen LogP contribution in [0.3, 0.4) is 0 Å². The molecule has 0 unspecified atom stereocenters. The first-order valence-electron chi connectivity index (χ1n) is 4.07. The quantitative estimate of drug-likeness (QED) is 0.552. The van der Waals surface area contributed by atoms with Crippen molar-refractivity contribution in [2.45, 2.75) is 6.92 Å². The highest BCUT2D eigenvalue weighted by Gasteiger charge is 2.13. The topological polar surface area (TPSA) is 57.2 Å². The van der Waals surface area contributed by atoms with E-state index in [-0.39, 0.29) is 18.2 Å². The second-order valence-corrected chi connectivity index (χ2v) is 2.76. The molecule has 1 aromatic rings. The third-order valence-corrected chi connectivity index (χ3v) is 1.75. The number of aryl methyl sites for hydroxylation is 1. The van der Waals surface area contributed by atoms with Gasteiger partial charge in [0.25, 0.3) is 0 Å². The van der Waals surface area contributed by atoms with Crippen LogP contribution in [0, 0.1) is 13.5 Å². The second-order valence-electron chi connectivity index (χ2n) is 2.76. The van der Waals surface area contributed by atoms with E-state index in [0.717, 1.165) is 5.56 Å². The fourth-order valence-electron chi connectivity index (χ4n) is 1.02. The summed E-state index contributed by atoms with van der Waals surface area (Å²) < 4.78 is 0. The number of hydrogen-bond acceptors (Lipinski definition) is 3. The summed E-state index contributed by atoms with van der Waals surface area (Å²) in [7, 11) is 0. The number of phenols is 1. The zero-order chi connectivity index (χ0) is 10.6. The Labute approximate surface area is 82.0 Å². The Morgan fingerprint density at radius 2 is 2.29 bits per heavy atom. The molecule has 14 heavy (non-hydrogen) atoms. The lowest BCUT2D eigenvalue weighted by molar-refractivity contribution is 0.358. The molecule has 4 heteroatoms. The number of nitrogens with zero attached hydrogens (tertiary/aromatic N) is 2. The smallest absolute Gasteiger partial charge is 0.426 e. The van der Waals surface area contributed by atoms with Crippen molar-refractivity contribution in [1.82, 2.24) is 0 Å². The monoisotopic (exact) mass is 191 g/mol. The maximum Gasteiger partial charge on any atom is 0.426 e. The van der Waals surface area contributed by atoms with Gasteiger partial charge < -0.3 is 10.2 Å². The largest absolute Gasteiger partial charge is 0.504 e. The predicted octanol–water partition coefficient (Wildman–Crippen LogP) is 1.69. The van der Waals surface area contributed by atoms with Crippen LogP contribution in [0.5, 0.6) is 5.75 Å². The van der Waals surface area contributed by atoms with Gasteiger partial charge in [-0.15, -0.1) is 0 Å². The summed E-state index contributed by atoms with van der Waals surface area (Å²) >= 11 is 0. The fourth-order valence-corrected chi connectivity index (χ4v) is 1.02. The number of aliphatic hydroxyl groups excluding tert-OH is 1. The zero-order valence-corrected chi connectivity index (χ0v) is 7.81. The average molecular weight is 191 g/mol. The van der Waals surface area contributed by atoms with Crippen LogP contribution in [0.25, 0.3) is 4.85 Å². The van der Waals surface area contributed by atoms with E-state index < -0.39 is 0 Å². The molecule has 1 rings (SSSR count). The van der Waals surface area contributed by atoms with Crippen molar-refractivity contribution in [3.63, 3.8) is 0 Å². The number of para-hydroxylation sites is 1. The van der Waals surface area contributed by atoms with Gasteiger partial charge in [0, 0.05) is 5.56 Å². The number of phenolic OH excluding ortho intramolecular Hbond substituents is 1. The molecule has 0 atom stereocenters. The van der Waals surface area contributed by atoms with E-state index in [1.165, 1.54) is 6.07 Å². The molecule has 0 saturated carbocycles. The molecule has 0 aliphatic rings. The second kappa shape index (κ2) is 4.40. The number of aliphatic hydroxyl groups is 1. The Morgan fingerprint density at radius 1 is 1.57 bits per heavy atom. The van der Waals surface area contributed by atoms with E-state index in [2.05, 4.69) is 9.84 Å². The summed E-state index contributed by atoms with van der Waals surface area (Å²) in [6, 6.07) is 5.02. The molecule has 1 aromatic carbocycles. The molecular weight excluding hydrogens is 180 g/mol. The SMILES string of the molecule is C#[N+]C(CO)=Nc1c(C)cccc1O. The molecular formula is C10H11N2O2+. The average Bonchev–Trinajstić information content (AvgIpc) is 2.18. The van der Waals surface area contributed by atoms with Gasteiger partial charge in [-0.2, -0.15) is 4.85 Å². The van der Waals surface area contributed by atoms with Crippen molar-refractivity contribution in [3.8, 4) is 12.3 Å². The van der Waals surface area contributed by atoms with E-state index in [0.29, 0.717) is 5.69 Å². The minimum absolute atomic E-state index is 0.0413. The maximum absolute atomic E-state index is 9.46. The van der Waals surface area contributed by atoms with Crippen molar-refractivity contribution in [1.29, 1.82) is 0 Å². The standard InChI is InChI=1S/C10H10N2O2/c1-7-4-3-5-8(14)10(7)12-9(6-13)11-2/h2-5,13H,6H2,1H3/p+1. The minimum Gasteiger partial charge on any atom is -0.504 e. The molecule has 0 saturated heterocycles. The summed E-state index contributed by atoms with van der Waals surface area (Å²) in [5.74, 6) is 0.120. The molecule has 0 fully saturated rings. The lowest BCUT2D eigenvalue weighted by atomic mass is 10.2. The molecule has 0 amide bonds. The van der Waals surface area contributed by atoms with Crippen molar-refractivity contribution >= 4 is 11.5 Å². The molecule has 0 spiro atoms. The summed E-state index contributed by atoms with van der Waals surface area (Å²) in [6.07, 6.45) is 0. The van der Waals surface area contributed by atoms with Crippen molar-refractivity contribution < 1.29 is 10.2 Å². The van der Waals surface area contributed by atoms with Crippen molar-refractivity contribution in [2.24, 2.45) is 4.99 Å². The van der Waals surface area contributed by atoms with Crippen LogP contribution in [0.1, 0.15) is 5.56 Å². The Kier molecular flexibility index (Phi) is 3.21. The predicted molar refractivity (Wildman–Crippen MR) is 55.3 cm³/mol. The number of aliphatic imine (C=N–C) groups is 1. The van der Waals surface area contributed by atoms with Crippen molar-refractivity contribution in [2.75, 3.05) is 6.61 Å². The Hall–Kier alpha value is -1.86. The minimum atomic E-state index is -0.357. The van der Waals surface area contributed by atoms with Crippen LogP contribution in [0.4, 0.5) is 5.69 Å². The number of rotatable bonds is 2. The van der Waals surface area contributed by atoms with Crippen LogP contribution in [-0.4, -0.2) is 22.7 Å². The van der Waals surface area contributed by atoms with Gasteiger partial charge in [-0.3, -0.25) is 0 Å². The van der Waals surface area contributed by atoms with E-state index in [4.69, 9.17) is 11.7 Å². The highest BCUT2D eigenvalue weighted by atomic mass is 16.3. The third kappa shape index (κ3) is 2.09. The summed E-state index contributed by atoms with van der Waals surface area (Å²) in [4.78, 5) is 7.19. The van der Waals surface area contributed by atoms with E-state index >= 15 is 0 Å². The van der Waals surface area contributed by atoms with Crippen LogP contribution < -0.4 is 0 Å². The van der Waals surface area contributed by atoms with Gasteiger partial charge in [0.1, 0.15) is 6.57 Å². The Balaban J connectivity index is 3.21. The van der Waals surface area contributed by atoms with E-state index in [1.807, 2.05) is 0 Å². The lowest BCUT2D eigenvalue weighted by Gasteiger charge is -1.95. The summed E-state index contributed by atoms with van der Waals surface area (Å²) in [5.41, 5.74) is 1.17. The van der Waals surface area contributed by atoms with Gasteiger partial charge in [0.15, 0.2) is 12.4 Å². The fraction of sp³-hybridized carbons (Fsp3) is 0.200. The third-order valence-electron chi connectivity index (χ3n) is 1.75. The van der Waals surface area contributed by atoms with Crippen molar-refractivity contribution in [3.05, 3.63) is 28.6 Å². The van der Waals surface area contributed by atoms with Crippen LogP contribution in [0.15, 0.2) is 23.2 Å². The molecule has 0 radical (unpaired) electrons. The zero-order valence-electron chi connectivity index (χ0n) is 7.81. The first kappa shape index (κ1) is 10.2. The number of hydrogen-bond donors (Lipinski definition) is 2. The van der Waals surface area contributed by atoms with Gasteiger partial charge in [-0.25, -0.2) is 0 Å². The molecule has 0 aliphatic carbocycles.